The lowest BCUT2D eigenvalue weighted by Crippen LogP contribution is -2.36. The van der Waals surface area contributed by atoms with Crippen LogP contribution in [-0.4, -0.2) is 12.1 Å². The van der Waals surface area contributed by atoms with Crippen LogP contribution in [0.4, 0.5) is 0 Å². The van der Waals surface area contributed by atoms with Crippen molar-refractivity contribution >= 4 is 0 Å². The van der Waals surface area contributed by atoms with E-state index in [2.05, 4.69) is 33.0 Å². The highest BCUT2D eigenvalue weighted by molar-refractivity contribution is 4.70. The summed E-state index contributed by atoms with van der Waals surface area (Å²) in [6.07, 6.45) is 10.8. The number of hydrogen-bond donors (Lipinski definition) is 1. The van der Waals surface area contributed by atoms with E-state index in [1.165, 1.54) is 51.4 Å². The molecule has 0 aliphatic carbocycles. The van der Waals surface area contributed by atoms with Gasteiger partial charge in [-0.3, -0.25) is 0 Å². The molecule has 1 nitrogen and oxygen atoms in total. The van der Waals surface area contributed by atoms with Gasteiger partial charge >= 0.3 is 0 Å². The molecule has 0 heterocycles. The zero-order valence-corrected chi connectivity index (χ0v) is 11.3. The van der Waals surface area contributed by atoms with Crippen LogP contribution in [0.5, 0.6) is 0 Å². The fourth-order valence-electron chi connectivity index (χ4n) is 2.04. The second kappa shape index (κ2) is 10.5. The highest BCUT2D eigenvalue weighted by Gasteiger charge is 2.08. The Morgan fingerprint density at radius 1 is 0.867 bits per heavy atom. The van der Waals surface area contributed by atoms with Crippen molar-refractivity contribution in [2.45, 2.75) is 91.1 Å². The zero-order valence-electron chi connectivity index (χ0n) is 11.3. The van der Waals surface area contributed by atoms with E-state index in [0.29, 0.717) is 6.04 Å². The number of nitrogens with one attached hydrogen (secondary N) is 1. The first-order chi connectivity index (χ1) is 7.24. The van der Waals surface area contributed by atoms with Crippen LogP contribution in [0.3, 0.4) is 0 Å². The summed E-state index contributed by atoms with van der Waals surface area (Å²) in [4.78, 5) is 0. The van der Waals surface area contributed by atoms with Crippen LogP contribution in [-0.2, 0) is 0 Å². The van der Waals surface area contributed by atoms with Crippen LogP contribution in [0.25, 0.3) is 0 Å². The van der Waals surface area contributed by atoms with Crippen LogP contribution >= 0.6 is 0 Å². The van der Waals surface area contributed by atoms with Crippen molar-refractivity contribution in [1.29, 1.82) is 0 Å². The molecule has 0 aromatic rings. The van der Waals surface area contributed by atoms with E-state index in [0.717, 1.165) is 6.04 Å². The molecular formula is C14H31N. The Morgan fingerprint density at radius 3 is 2.07 bits per heavy atom. The molecule has 0 radical (unpaired) electrons. The van der Waals surface area contributed by atoms with Crippen LogP contribution in [0.15, 0.2) is 0 Å². The third-order valence-electron chi connectivity index (χ3n) is 3.16. The van der Waals surface area contributed by atoms with Crippen molar-refractivity contribution in [3.05, 3.63) is 0 Å². The fourth-order valence-corrected chi connectivity index (χ4v) is 2.04. The highest BCUT2D eigenvalue weighted by Crippen LogP contribution is 2.08. The van der Waals surface area contributed by atoms with Gasteiger partial charge in [0.2, 0.25) is 0 Å². The highest BCUT2D eigenvalue weighted by atomic mass is 14.9. The van der Waals surface area contributed by atoms with Crippen molar-refractivity contribution in [1.82, 2.24) is 5.32 Å². The smallest absolute Gasteiger partial charge is 0.00669 e. The molecule has 2 unspecified atom stereocenters. The molecule has 0 aromatic carbocycles. The molecule has 0 saturated carbocycles. The number of rotatable bonds is 10. The molecule has 15 heavy (non-hydrogen) atoms. The first kappa shape index (κ1) is 15.0. The first-order valence-corrected chi connectivity index (χ1v) is 7.00. The summed E-state index contributed by atoms with van der Waals surface area (Å²) in [6.45, 7) is 9.18. The molecule has 0 aromatic heterocycles. The monoisotopic (exact) mass is 213 g/mol. The van der Waals surface area contributed by atoms with Crippen molar-refractivity contribution in [3.8, 4) is 0 Å². The lowest BCUT2D eigenvalue weighted by Gasteiger charge is -2.22. The average Bonchev–Trinajstić information content (AvgIpc) is 2.24. The maximum Gasteiger partial charge on any atom is 0.00669 e. The summed E-state index contributed by atoms with van der Waals surface area (Å²) in [5.41, 5.74) is 0. The topological polar surface area (TPSA) is 12.0 Å². The largest absolute Gasteiger partial charge is 0.312 e. The molecule has 0 aliphatic heterocycles. The molecule has 0 rings (SSSR count). The quantitative estimate of drug-likeness (QED) is 0.526. The van der Waals surface area contributed by atoms with Gasteiger partial charge in [0, 0.05) is 12.1 Å². The lowest BCUT2D eigenvalue weighted by molar-refractivity contribution is 0.383. The van der Waals surface area contributed by atoms with Crippen LogP contribution < -0.4 is 5.32 Å². The van der Waals surface area contributed by atoms with Gasteiger partial charge in [-0.15, -0.1) is 0 Å². The predicted molar refractivity (Wildman–Crippen MR) is 70.3 cm³/mol. The Hall–Kier alpha value is -0.0400. The lowest BCUT2D eigenvalue weighted by atomic mass is 10.0. The molecule has 0 spiro atoms. The van der Waals surface area contributed by atoms with Crippen LogP contribution in [0, 0.1) is 0 Å². The fraction of sp³-hybridized carbons (Fsp3) is 1.00. The van der Waals surface area contributed by atoms with E-state index >= 15 is 0 Å². The van der Waals surface area contributed by atoms with Crippen molar-refractivity contribution in [2.75, 3.05) is 0 Å². The summed E-state index contributed by atoms with van der Waals surface area (Å²) in [5, 5.41) is 3.76. The van der Waals surface area contributed by atoms with Gasteiger partial charge in [-0.2, -0.15) is 0 Å². The van der Waals surface area contributed by atoms with Gasteiger partial charge in [-0.05, 0) is 26.2 Å². The second-order valence-electron chi connectivity index (χ2n) is 4.81. The number of hydrogen-bond acceptors (Lipinski definition) is 1. The standard InChI is InChI=1S/C14H31N/c1-5-8-10-11-13(4)15-14(7-3)12-9-6-2/h13-15H,5-12H2,1-4H3. The minimum Gasteiger partial charge on any atom is -0.312 e. The first-order valence-electron chi connectivity index (χ1n) is 7.00. The average molecular weight is 213 g/mol. The van der Waals surface area contributed by atoms with Crippen molar-refractivity contribution in [2.24, 2.45) is 0 Å². The van der Waals surface area contributed by atoms with Gasteiger partial charge in [0.25, 0.3) is 0 Å². The van der Waals surface area contributed by atoms with Gasteiger partial charge in [0.15, 0.2) is 0 Å². The van der Waals surface area contributed by atoms with Crippen molar-refractivity contribution < 1.29 is 0 Å². The molecule has 0 bridgehead atoms. The number of unbranched alkanes of at least 4 members (excludes halogenated alkanes) is 3. The summed E-state index contributed by atoms with van der Waals surface area (Å²) in [7, 11) is 0. The zero-order chi connectivity index (χ0) is 11.5. The maximum atomic E-state index is 3.76. The Labute approximate surface area is 97.0 Å². The molecule has 0 saturated heterocycles. The molecule has 92 valence electrons. The minimum absolute atomic E-state index is 0.707. The van der Waals surface area contributed by atoms with Crippen LogP contribution in [0.1, 0.15) is 79.1 Å². The minimum atomic E-state index is 0.707. The van der Waals surface area contributed by atoms with Gasteiger partial charge in [-0.1, -0.05) is 52.9 Å². The molecule has 0 aliphatic rings. The van der Waals surface area contributed by atoms with E-state index < -0.39 is 0 Å². The van der Waals surface area contributed by atoms with Gasteiger partial charge < -0.3 is 5.32 Å². The van der Waals surface area contributed by atoms with E-state index in [1.807, 2.05) is 0 Å². The SMILES string of the molecule is CCCCCC(C)NC(CC)CCCC. The molecule has 1 heteroatoms. The van der Waals surface area contributed by atoms with Crippen molar-refractivity contribution in [3.63, 3.8) is 0 Å². The van der Waals surface area contributed by atoms with E-state index in [1.54, 1.807) is 0 Å². The van der Waals surface area contributed by atoms with E-state index in [4.69, 9.17) is 0 Å². The van der Waals surface area contributed by atoms with E-state index in [-0.39, 0.29) is 0 Å². The van der Waals surface area contributed by atoms with Crippen LogP contribution in [0.2, 0.25) is 0 Å². The molecule has 0 amide bonds. The predicted octanol–water partition coefficient (Wildman–Crippen LogP) is 4.51. The molecular weight excluding hydrogens is 182 g/mol. The Balaban J connectivity index is 3.55. The summed E-state index contributed by atoms with van der Waals surface area (Å²) in [6, 6.07) is 1.46. The van der Waals surface area contributed by atoms with E-state index in [9.17, 15) is 0 Å². The third kappa shape index (κ3) is 8.92. The second-order valence-corrected chi connectivity index (χ2v) is 4.81. The maximum absolute atomic E-state index is 3.76. The summed E-state index contributed by atoms with van der Waals surface area (Å²) in [5.74, 6) is 0. The van der Waals surface area contributed by atoms with Gasteiger partial charge in [0.1, 0.15) is 0 Å². The Morgan fingerprint density at radius 2 is 1.53 bits per heavy atom. The third-order valence-corrected chi connectivity index (χ3v) is 3.16. The normalized spacial score (nSPS) is 15.2. The van der Waals surface area contributed by atoms with Gasteiger partial charge in [-0.25, -0.2) is 0 Å². The Bertz CT molecular complexity index is 123. The molecule has 0 fully saturated rings. The van der Waals surface area contributed by atoms with Gasteiger partial charge in [0.05, 0.1) is 0 Å². The summed E-state index contributed by atoms with van der Waals surface area (Å²) < 4.78 is 0. The Kier molecular flexibility index (Phi) is 10.4. The molecule has 2 atom stereocenters. The summed E-state index contributed by atoms with van der Waals surface area (Å²) >= 11 is 0. The molecule has 1 N–H and O–H groups in total.